The van der Waals surface area contributed by atoms with Crippen LogP contribution >= 0.6 is 0 Å². The number of hydrogen-bond donors (Lipinski definition) is 3. The van der Waals surface area contributed by atoms with Crippen LogP contribution in [0.25, 0.3) is 0 Å². The number of pyridine rings is 1. The van der Waals surface area contributed by atoms with Gasteiger partial charge in [0.25, 0.3) is 0 Å². The lowest BCUT2D eigenvalue weighted by Gasteiger charge is -2.12. The van der Waals surface area contributed by atoms with E-state index in [-0.39, 0.29) is 12.0 Å². The molecular formula is C14H24N4O2. The van der Waals surface area contributed by atoms with Crippen LogP contribution in [-0.4, -0.2) is 43.7 Å². The highest BCUT2D eigenvalue weighted by atomic mass is 16.5. The standard InChI is InChI=1S/C14H24N4O2/c1-20-12(11-15)10-14(19)18-9-5-4-8-17-13-6-2-3-7-16-13/h2-3,6-7,12H,4-5,8-11,15H2,1H3,(H,16,17)(H,18,19). The Kier molecular flexibility index (Phi) is 8.33. The first-order chi connectivity index (χ1) is 9.76. The summed E-state index contributed by atoms with van der Waals surface area (Å²) in [7, 11) is 1.56. The van der Waals surface area contributed by atoms with E-state index < -0.39 is 0 Å². The van der Waals surface area contributed by atoms with E-state index in [1.807, 2.05) is 18.2 Å². The van der Waals surface area contributed by atoms with Crippen molar-refractivity contribution in [2.45, 2.75) is 25.4 Å². The number of methoxy groups -OCH3 is 1. The average Bonchev–Trinajstić information content (AvgIpc) is 2.49. The number of aromatic nitrogens is 1. The van der Waals surface area contributed by atoms with Gasteiger partial charge in [0.15, 0.2) is 0 Å². The molecule has 6 nitrogen and oxygen atoms in total. The van der Waals surface area contributed by atoms with Gasteiger partial charge in [-0.15, -0.1) is 0 Å². The number of rotatable bonds is 10. The van der Waals surface area contributed by atoms with E-state index in [4.69, 9.17) is 10.5 Å². The van der Waals surface area contributed by atoms with Crippen molar-refractivity contribution in [1.29, 1.82) is 0 Å². The minimum absolute atomic E-state index is 0.0139. The number of ether oxygens (including phenoxy) is 1. The fourth-order valence-electron chi connectivity index (χ4n) is 1.70. The van der Waals surface area contributed by atoms with E-state index in [1.165, 1.54) is 0 Å². The normalized spacial score (nSPS) is 11.9. The van der Waals surface area contributed by atoms with E-state index in [0.717, 1.165) is 25.2 Å². The molecule has 1 heterocycles. The summed E-state index contributed by atoms with van der Waals surface area (Å²) in [6, 6.07) is 5.76. The minimum atomic E-state index is -0.194. The van der Waals surface area contributed by atoms with Gasteiger partial charge in [0.1, 0.15) is 5.82 Å². The lowest BCUT2D eigenvalue weighted by molar-refractivity contribution is -0.123. The summed E-state index contributed by atoms with van der Waals surface area (Å²) in [4.78, 5) is 15.7. The fraction of sp³-hybridized carbons (Fsp3) is 0.571. The molecule has 1 atom stereocenters. The first-order valence-corrected chi connectivity index (χ1v) is 6.90. The number of carbonyl (C=O) groups excluding carboxylic acids is 1. The smallest absolute Gasteiger partial charge is 0.222 e. The first kappa shape index (κ1) is 16.4. The molecular weight excluding hydrogens is 256 g/mol. The van der Waals surface area contributed by atoms with Gasteiger partial charge in [-0.2, -0.15) is 0 Å². The molecule has 0 aliphatic rings. The van der Waals surface area contributed by atoms with Gasteiger partial charge in [-0.3, -0.25) is 4.79 Å². The third-order valence-corrected chi connectivity index (χ3v) is 2.91. The number of hydrogen-bond acceptors (Lipinski definition) is 5. The van der Waals surface area contributed by atoms with Crippen LogP contribution in [-0.2, 0) is 9.53 Å². The summed E-state index contributed by atoms with van der Waals surface area (Å²) in [6.45, 7) is 1.87. The Morgan fingerprint density at radius 3 is 2.85 bits per heavy atom. The van der Waals surface area contributed by atoms with Crippen LogP contribution in [0, 0.1) is 0 Å². The second-order valence-electron chi connectivity index (χ2n) is 4.50. The summed E-state index contributed by atoms with van der Waals surface area (Å²) in [5.41, 5.74) is 5.46. The predicted octanol–water partition coefficient (Wildman–Crippen LogP) is 0.754. The van der Waals surface area contributed by atoms with Crippen molar-refractivity contribution in [2.24, 2.45) is 5.73 Å². The third-order valence-electron chi connectivity index (χ3n) is 2.91. The van der Waals surface area contributed by atoms with Crippen molar-refractivity contribution in [3.05, 3.63) is 24.4 Å². The van der Waals surface area contributed by atoms with E-state index >= 15 is 0 Å². The van der Waals surface area contributed by atoms with Crippen LogP contribution in [0.1, 0.15) is 19.3 Å². The summed E-state index contributed by atoms with van der Waals surface area (Å²) >= 11 is 0. The van der Waals surface area contributed by atoms with E-state index in [9.17, 15) is 4.79 Å². The lowest BCUT2D eigenvalue weighted by atomic mass is 10.2. The Morgan fingerprint density at radius 2 is 2.20 bits per heavy atom. The summed E-state index contributed by atoms with van der Waals surface area (Å²) in [6.07, 6.45) is 3.78. The predicted molar refractivity (Wildman–Crippen MR) is 79.4 cm³/mol. The van der Waals surface area contributed by atoms with E-state index in [2.05, 4.69) is 15.6 Å². The van der Waals surface area contributed by atoms with Crippen LogP contribution in [0.4, 0.5) is 5.82 Å². The molecule has 0 saturated heterocycles. The van der Waals surface area contributed by atoms with Crippen LogP contribution in [0.5, 0.6) is 0 Å². The maximum Gasteiger partial charge on any atom is 0.222 e. The van der Waals surface area contributed by atoms with Crippen molar-refractivity contribution in [3.63, 3.8) is 0 Å². The maximum atomic E-state index is 11.6. The summed E-state index contributed by atoms with van der Waals surface area (Å²) in [5, 5.41) is 6.09. The molecule has 1 amide bonds. The maximum absolute atomic E-state index is 11.6. The van der Waals surface area contributed by atoms with Crippen LogP contribution < -0.4 is 16.4 Å². The quantitative estimate of drug-likeness (QED) is 0.550. The molecule has 1 unspecified atom stereocenters. The van der Waals surface area contributed by atoms with Gasteiger partial charge in [0.05, 0.1) is 12.5 Å². The molecule has 4 N–H and O–H groups in total. The van der Waals surface area contributed by atoms with E-state index in [1.54, 1.807) is 13.3 Å². The van der Waals surface area contributed by atoms with Gasteiger partial charge in [0, 0.05) is 32.9 Å². The highest BCUT2D eigenvalue weighted by molar-refractivity contribution is 5.76. The first-order valence-electron chi connectivity index (χ1n) is 6.90. The highest BCUT2D eigenvalue weighted by Crippen LogP contribution is 2.00. The number of anilines is 1. The molecule has 0 fully saturated rings. The van der Waals surface area contributed by atoms with Gasteiger partial charge in [-0.25, -0.2) is 4.98 Å². The van der Waals surface area contributed by atoms with Crippen molar-refractivity contribution in [1.82, 2.24) is 10.3 Å². The molecule has 0 aliphatic carbocycles. The lowest BCUT2D eigenvalue weighted by Crippen LogP contribution is -2.32. The number of nitrogens with one attached hydrogen (secondary N) is 2. The van der Waals surface area contributed by atoms with Crippen molar-refractivity contribution < 1.29 is 9.53 Å². The Morgan fingerprint density at radius 1 is 1.40 bits per heavy atom. The number of nitrogens with two attached hydrogens (primary N) is 1. The molecule has 1 aromatic rings. The van der Waals surface area contributed by atoms with E-state index in [0.29, 0.717) is 19.5 Å². The molecule has 0 radical (unpaired) electrons. The fourth-order valence-corrected chi connectivity index (χ4v) is 1.70. The zero-order valence-corrected chi connectivity index (χ0v) is 12.0. The Balaban J connectivity index is 2.00. The van der Waals surface area contributed by atoms with Gasteiger partial charge in [-0.05, 0) is 25.0 Å². The van der Waals surface area contributed by atoms with Gasteiger partial charge < -0.3 is 21.1 Å². The van der Waals surface area contributed by atoms with Gasteiger partial charge >= 0.3 is 0 Å². The molecule has 0 bridgehead atoms. The van der Waals surface area contributed by atoms with Gasteiger partial charge in [-0.1, -0.05) is 6.07 Å². The summed E-state index contributed by atoms with van der Waals surface area (Å²) in [5.74, 6) is 0.863. The SMILES string of the molecule is COC(CN)CC(=O)NCCCCNc1ccccn1. The molecule has 0 aliphatic heterocycles. The second-order valence-corrected chi connectivity index (χ2v) is 4.50. The van der Waals surface area contributed by atoms with Crippen molar-refractivity contribution >= 4 is 11.7 Å². The molecule has 20 heavy (non-hydrogen) atoms. The second kappa shape index (κ2) is 10.2. The zero-order valence-electron chi connectivity index (χ0n) is 12.0. The molecule has 0 spiro atoms. The Hall–Kier alpha value is -1.66. The minimum Gasteiger partial charge on any atom is -0.380 e. The Bertz CT molecular complexity index is 369. The highest BCUT2D eigenvalue weighted by Gasteiger charge is 2.10. The largest absolute Gasteiger partial charge is 0.380 e. The molecule has 6 heteroatoms. The molecule has 0 saturated carbocycles. The number of amides is 1. The van der Waals surface area contributed by atoms with Gasteiger partial charge in [0.2, 0.25) is 5.91 Å². The van der Waals surface area contributed by atoms with Crippen LogP contribution in [0.15, 0.2) is 24.4 Å². The topological polar surface area (TPSA) is 89.3 Å². The van der Waals surface area contributed by atoms with Crippen LogP contribution in [0.3, 0.4) is 0 Å². The third kappa shape index (κ3) is 7.06. The van der Waals surface area contributed by atoms with Crippen molar-refractivity contribution in [3.8, 4) is 0 Å². The molecule has 1 rings (SSSR count). The zero-order chi connectivity index (χ0) is 14.6. The summed E-state index contributed by atoms with van der Waals surface area (Å²) < 4.78 is 5.06. The van der Waals surface area contributed by atoms with Crippen LogP contribution in [0.2, 0.25) is 0 Å². The number of nitrogens with zero attached hydrogens (tertiary/aromatic N) is 1. The Labute approximate surface area is 120 Å². The molecule has 112 valence electrons. The number of unbranched alkanes of at least 4 members (excludes halogenated alkanes) is 1. The number of carbonyl (C=O) groups is 1. The average molecular weight is 280 g/mol. The monoisotopic (exact) mass is 280 g/mol. The van der Waals surface area contributed by atoms with Crippen molar-refractivity contribution in [2.75, 3.05) is 32.1 Å². The molecule has 0 aromatic carbocycles. The molecule has 1 aromatic heterocycles.